The Morgan fingerprint density at radius 2 is 1.77 bits per heavy atom. The number of benzene rings is 2. The Balaban J connectivity index is 1.54. The van der Waals surface area contributed by atoms with Gasteiger partial charge >= 0.3 is 6.18 Å². The molecule has 8 nitrogen and oxygen atoms in total. The molecule has 1 aromatic heterocycles. The molecule has 0 aliphatic heterocycles. The molecule has 3 rings (SSSR count). The number of carbonyl (C=O) groups is 2. The van der Waals surface area contributed by atoms with E-state index in [0.29, 0.717) is 0 Å². The highest BCUT2D eigenvalue weighted by molar-refractivity contribution is 5.94. The number of rotatable bonds is 6. The smallest absolute Gasteiger partial charge is 0.345 e. The molecule has 0 saturated carbocycles. The van der Waals surface area contributed by atoms with Crippen LogP contribution in [0.1, 0.15) is 5.56 Å². The van der Waals surface area contributed by atoms with Crippen molar-refractivity contribution in [1.29, 1.82) is 0 Å². The fourth-order valence-electron chi connectivity index (χ4n) is 2.40. The zero-order valence-electron chi connectivity index (χ0n) is 15.5. The van der Waals surface area contributed by atoms with E-state index >= 15 is 0 Å². The molecule has 0 bridgehead atoms. The van der Waals surface area contributed by atoms with Crippen LogP contribution in [0, 0.1) is 11.6 Å². The van der Waals surface area contributed by atoms with E-state index in [9.17, 15) is 31.5 Å². The van der Waals surface area contributed by atoms with Crippen LogP contribution >= 0.6 is 0 Å². The third-order valence-corrected chi connectivity index (χ3v) is 3.84. The van der Waals surface area contributed by atoms with Gasteiger partial charge in [-0.2, -0.15) is 18.0 Å². The number of nitrogens with one attached hydrogen (secondary N) is 2. The lowest BCUT2D eigenvalue weighted by Gasteiger charge is -2.07. The number of anilines is 1. The molecule has 31 heavy (non-hydrogen) atoms. The van der Waals surface area contributed by atoms with Gasteiger partial charge in [0.1, 0.15) is 6.54 Å². The number of hydrogen-bond acceptors (Lipinski definition) is 5. The molecule has 1 heterocycles. The van der Waals surface area contributed by atoms with Gasteiger partial charge in [0.2, 0.25) is 17.6 Å². The molecule has 2 N–H and O–H groups in total. The maximum atomic E-state index is 13.1. The highest BCUT2D eigenvalue weighted by Crippen LogP contribution is 2.31. The van der Waals surface area contributed by atoms with Crippen LogP contribution in [0.5, 0.6) is 0 Å². The number of nitrogens with zero attached hydrogens (tertiary/aromatic N) is 4. The summed E-state index contributed by atoms with van der Waals surface area (Å²) in [5.41, 5.74) is -0.819. The van der Waals surface area contributed by atoms with Gasteiger partial charge in [0.15, 0.2) is 11.6 Å². The zero-order chi connectivity index (χ0) is 22.6. The Labute approximate surface area is 171 Å². The predicted octanol–water partition coefficient (Wildman–Crippen LogP) is 2.39. The quantitative estimate of drug-likeness (QED) is 0.574. The van der Waals surface area contributed by atoms with Crippen molar-refractivity contribution in [2.75, 3.05) is 11.9 Å². The molecule has 13 heteroatoms. The summed E-state index contributed by atoms with van der Waals surface area (Å²) in [5, 5.41) is 15.6. The fraction of sp³-hybridized carbons (Fsp3) is 0.167. The van der Waals surface area contributed by atoms with Crippen LogP contribution in [0.15, 0.2) is 42.5 Å². The largest absolute Gasteiger partial charge is 0.416 e. The Hall–Kier alpha value is -3.90. The Morgan fingerprint density at radius 3 is 2.48 bits per heavy atom. The highest BCUT2D eigenvalue weighted by atomic mass is 19.4. The summed E-state index contributed by atoms with van der Waals surface area (Å²) in [7, 11) is 0. The predicted molar refractivity (Wildman–Crippen MR) is 96.3 cm³/mol. The number of hydrogen-bond donors (Lipinski definition) is 2. The average Bonchev–Trinajstić information content (AvgIpc) is 3.17. The van der Waals surface area contributed by atoms with E-state index in [-0.39, 0.29) is 17.1 Å². The highest BCUT2D eigenvalue weighted by Gasteiger charge is 2.30. The van der Waals surface area contributed by atoms with Crippen LogP contribution < -0.4 is 10.6 Å². The monoisotopic (exact) mass is 440 g/mol. The zero-order valence-corrected chi connectivity index (χ0v) is 15.5. The minimum absolute atomic E-state index is 0.00169. The molecule has 0 atom stereocenters. The van der Waals surface area contributed by atoms with Crippen molar-refractivity contribution >= 4 is 17.5 Å². The molecular weight excluding hydrogens is 427 g/mol. The molecule has 0 fully saturated rings. The minimum atomic E-state index is -4.54. The molecule has 0 unspecified atom stereocenters. The van der Waals surface area contributed by atoms with Crippen LogP contribution in [0.2, 0.25) is 0 Å². The van der Waals surface area contributed by atoms with Crippen molar-refractivity contribution in [1.82, 2.24) is 25.5 Å². The number of halogens is 5. The number of carbonyl (C=O) groups excluding carboxylic acids is 2. The molecule has 0 aliphatic rings. The maximum Gasteiger partial charge on any atom is 0.416 e. The average molecular weight is 440 g/mol. The van der Waals surface area contributed by atoms with Gasteiger partial charge in [-0.1, -0.05) is 12.1 Å². The van der Waals surface area contributed by atoms with Crippen molar-refractivity contribution < 1.29 is 31.5 Å². The molecule has 2 amide bonds. The first-order valence-corrected chi connectivity index (χ1v) is 8.59. The first-order chi connectivity index (χ1) is 14.6. The third-order valence-electron chi connectivity index (χ3n) is 3.84. The Morgan fingerprint density at radius 1 is 1.00 bits per heavy atom. The molecule has 162 valence electrons. The second-order valence-corrected chi connectivity index (χ2v) is 6.18. The number of alkyl halides is 3. The normalized spacial score (nSPS) is 11.3. The Kier molecular flexibility index (Phi) is 6.22. The van der Waals surface area contributed by atoms with Gasteiger partial charge in [-0.05, 0) is 29.5 Å². The van der Waals surface area contributed by atoms with E-state index in [4.69, 9.17) is 0 Å². The summed E-state index contributed by atoms with van der Waals surface area (Å²) in [4.78, 5) is 24.6. The first kappa shape index (κ1) is 21.8. The lowest BCUT2D eigenvalue weighted by atomic mass is 10.1. The second kappa shape index (κ2) is 8.85. The van der Waals surface area contributed by atoms with Crippen LogP contribution in [0.4, 0.5) is 27.6 Å². The van der Waals surface area contributed by atoms with E-state index in [0.717, 1.165) is 35.1 Å². The minimum Gasteiger partial charge on any atom is -0.345 e. The van der Waals surface area contributed by atoms with Gasteiger partial charge in [-0.15, -0.1) is 10.2 Å². The van der Waals surface area contributed by atoms with Gasteiger partial charge in [-0.25, -0.2) is 8.78 Å². The fourth-order valence-corrected chi connectivity index (χ4v) is 2.40. The van der Waals surface area contributed by atoms with E-state index in [1.54, 1.807) is 0 Å². The molecule has 0 aliphatic carbocycles. The first-order valence-electron chi connectivity index (χ1n) is 8.59. The number of tetrazole rings is 1. The van der Waals surface area contributed by atoms with Crippen molar-refractivity contribution in [3.8, 4) is 11.4 Å². The molecule has 0 radical (unpaired) electrons. The molecule has 0 saturated heterocycles. The molecule has 3 aromatic rings. The molecular formula is C18H13F5N6O2. The van der Waals surface area contributed by atoms with Gasteiger partial charge in [0, 0.05) is 17.3 Å². The third kappa shape index (κ3) is 5.81. The summed E-state index contributed by atoms with van der Waals surface area (Å²) in [6.45, 7) is -0.933. The number of aromatic nitrogens is 4. The summed E-state index contributed by atoms with van der Waals surface area (Å²) in [5.74, 6) is -3.72. The topological polar surface area (TPSA) is 102 Å². The Bertz CT molecular complexity index is 1110. The molecule has 0 spiro atoms. The van der Waals surface area contributed by atoms with Crippen LogP contribution in [-0.4, -0.2) is 38.6 Å². The van der Waals surface area contributed by atoms with Gasteiger partial charge in [0.05, 0.1) is 12.1 Å². The van der Waals surface area contributed by atoms with Crippen molar-refractivity contribution in [2.45, 2.75) is 12.7 Å². The summed E-state index contributed by atoms with van der Waals surface area (Å²) in [6, 6.07) is 7.06. The van der Waals surface area contributed by atoms with Crippen LogP contribution in [0.25, 0.3) is 11.4 Å². The SMILES string of the molecule is O=C(Cn1nnc(-c2cccc(C(F)(F)F)c2)n1)NCC(=O)Nc1ccc(F)c(F)c1. The van der Waals surface area contributed by atoms with E-state index in [1.165, 1.54) is 12.1 Å². The lowest BCUT2D eigenvalue weighted by molar-refractivity contribution is -0.137. The van der Waals surface area contributed by atoms with Gasteiger partial charge < -0.3 is 10.6 Å². The van der Waals surface area contributed by atoms with E-state index in [1.807, 2.05) is 0 Å². The van der Waals surface area contributed by atoms with Crippen LogP contribution in [-0.2, 0) is 22.3 Å². The van der Waals surface area contributed by atoms with Gasteiger partial charge in [-0.3, -0.25) is 9.59 Å². The summed E-state index contributed by atoms with van der Waals surface area (Å²) < 4.78 is 64.4. The standard InChI is InChI=1S/C18H13F5N6O2/c19-13-5-4-12(7-14(13)20)25-15(30)8-24-16(31)9-29-27-17(26-28-29)10-2-1-3-11(6-10)18(21,22)23/h1-7H,8-9H2,(H,24,31)(H,25,30). The van der Waals surface area contributed by atoms with Gasteiger partial charge in [0.25, 0.3) is 0 Å². The van der Waals surface area contributed by atoms with E-state index in [2.05, 4.69) is 26.0 Å². The summed E-state index contributed by atoms with van der Waals surface area (Å²) in [6.07, 6.45) is -4.54. The maximum absolute atomic E-state index is 13.1. The van der Waals surface area contributed by atoms with Crippen LogP contribution in [0.3, 0.4) is 0 Å². The second-order valence-electron chi connectivity index (χ2n) is 6.18. The van der Waals surface area contributed by atoms with E-state index < -0.39 is 48.3 Å². The number of amides is 2. The van der Waals surface area contributed by atoms with Crippen molar-refractivity contribution in [3.63, 3.8) is 0 Å². The lowest BCUT2D eigenvalue weighted by Crippen LogP contribution is -2.35. The van der Waals surface area contributed by atoms with Crippen molar-refractivity contribution in [2.24, 2.45) is 0 Å². The van der Waals surface area contributed by atoms with Crippen molar-refractivity contribution in [3.05, 3.63) is 59.7 Å². The summed E-state index contributed by atoms with van der Waals surface area (Å²) >= 11 is 0. The molecule has 2 aromatic carbocycles.